The monoisotopic (exact) mass is 250 g/mol. The van der Waals surface area contributed by atoms with Gasteiger partial charge in [0.2, 0.25) is 0 Å². The Morgan fingerprint density at radius 2 is 1.83 bits per heavy atom. The smallest absolute Gasteiger partial charge is 0.143 e. The van der Waals surface area contributed by atoms with Gasteiger partial charge in [0.15, 0.2) is 0 Å². The molecule has 0 spiro atoms. The third-order valence-electron chi connectivity index (χ3n) is 2.58. The molecule has 1 aromatic carbocycles. The molecule has 3 nitrogen and oxygen atoms in total. The topological polar surface area (TPSA) is 24.5 Å². The number of hydrogen-bond donors (Lipinski definition) is 1. The van der Waals surface area contributed by atoms with E-state index in [1.165, 1.54) is 5.56 Å². The standard InChI is InChI=1S/C15H26N2O/c1-11(2)16-10-13-7-8-14(17(5)6)15(9-13)18-12(3)4/h7-9,11-12,16H,10H2,1-6H3. The highest BCUT2D eigenvalue weighted by Gasteiger charge is 2.09. The molecule has 0 radical (unpaired) electrons. The van der Waals surface area contributed by atoms with Crippen LogP contribution in [0.1, 0.15) is 33.3 Å². The van der Waals surface area contributed by atoms with E-state index >= 15 is 0 Å². The Hall–Kier alpha value is -1.22. The zero-order valence-corrected chi connectivity index (χ0v) is 12.4. The minimum atomic E-state index is 0.192. The van der Waals surface area contributed by atoms with Crippen molar-refractivity contribution in [3.8, 4) is 5.75 Å². The van der Waals surface area contributed by atoms with E-state index in [0.29, 0.717) is 6.04 Å². The fourth-order valence-corrected chi connectivity index (χ4v) is 1.71. The third-order valence-corrected chi connectivity index (χ3v) is 2.58. The Labute approximate surface area is 111 Å². The van der Waals surface area contributed by atoms with E-state index < -0.39 is 0 Å². The first-order chi connectivity index (χ1) is 8.40. The molecule has 18 heavy (non-hydrogen) atoms. The average Bonchev–Trinajstić information content (AvgIpc) is 2.25. The maximum absolute atomic E-state index is 5.88. The number of anilines is 1. The van der Waals surface area contributed by atoms with E-state index in [0.717, 1.165) is 18.0 Å². The van der Waals surface area contributed by atoms with Crippen molar-refractivity contribution in [2.75, 3.05) is 19.0 Å². The number of nitrogens with zero attached hydrogens (tertiary/aromatic N) is 1. The molecule has 1 N–H and O–H groups in total. The summed E-state index contributed by atoms with van der Waals surface area (Å²) in [6, 6.07) is 6.89. The number of benzene rings is 1. The summed E-state index contributed by atoms with van der Waals surface area (Å²) in [4.78, 5) is 2.08. The van der Waals surface area contributed by atoms with Gasteiger partial charge in [-0.3, -0.25) is 0 Å². The Morgan fingerprint density at radius 1 is 1.17 bits per heavy atom. The van der Waals surface area contributed by atoms with Crippen LogP contribution in [0.2, 0.25) is 0 Å². The summed E-state index contributed by atoms with van der Waals surface area (Å²) in [5.41, 5.74) is 2.38. The first-order valence-electron chi connectivity index (χ1n) is 6.60. The highest BCUT2D eigenvalue weighted by molar-refractivity contribution is 5.59. The second-order valence-electron chi connectivity index (χ2n) is 5.40. The molecule has 0 saturated carbocycles. The van der Waals surface area contributed by atoms with Crippen molar-refractivity contribution >= 4 is 5.69 Å². The number of nitrogens with one attached hydrogen (secondary N) is 1. The lowest BCUT2D eigenvalue weighted by atomic mass is 10.1. The maximum atomic E-state index is 5.88. The molecule has 102 valence electrons. The SMILES string of the molecule is CC(C)NCc1ccc(N(C)C)c(OC(C)C)c1. The lowest BCUT2D eigenvalue weighted by Gasteiger charge is -2.21. The van der Waals surface area contributed by atoms with Gasteiger partial charge >= 0.3 is 0 Å². The summed E-state index contributed by atoms with van der Waals surface area (Å²) in [7, 11) is 4.07. The molecule has 0 saturated heterocycles. The zero-order valence-electron chi connectivity index (χ0n) is 12.4. The third kappa shape index (κ3) is 4.57. The molecular weight excluding hydrogens is 224 g/mol. The normalized spacial score (nSPS) is 11.1. The van der Waals surface area contributed by atoms with Crippen LogP contribution in [0.3, 0.4) is 0 Å². The molecule has 0 aromatic heterocycles. The predicted octanol–water partition coefficient (Wildman–Crippen LogP) is 3.04. The fraction of sp³-hybridized carbons (Fsp3) is 0.600. The van der Waals surface area contributed by atoms with Crippen LogP contribution in [-0.4, -0.2) is 26.2 Å². The lowest BCUT2D eigenvalue weighted by Crippen LogP contribution is -2.22. The average molecular weight is 250 g/mol. The van der Waals surface area contributed by atoms with Gasteiger partial charge in [-0.1, -0.05) is 19.9 Å². The molecule has 0 unspecified atom stereocenters. The van der Waals surface area contributed by atoms with E-state index in [9.17, 15) is 0 Å². The largest absolute Gasteiger partial charge is 0.489 e. The number of rotatable bonds is 6. The van der Waals surface area contributed by atoms with Gasteiger partial charge in [0.25, 0.3) is 0 Å². The van der Waals surface area contributed by atoms with Gasteiger partial charge in [0.1, 0.15) is 5.75 Å². The molecule has 0 aliphatic heterocycles. The minimum absolute atomic E-state index is 0.192. The predicted molar refractivity (Wildman–Crippen MR) is 78.5 cm³/mol. The van der Waals surface area contributed by atoms with Crippen LogP contribution >= 0.6 is 0 Å². The van der Waals surface area contributed by atoms with Crippen LogP contribution in [-0.2, 0) is 6.54 Å². The van der Waals surface area contributed by atoms with E-state index in [1.807, 2.05) is 14.1 Å². The van der Waals surface area contributed by atoms with Crippen LogP contribution in [0.15, 0.2) is 18.2 Å². The Bertz CT molecular complexity index is 373. The summed E-state index contributed by atoms with van der Waals surface area (Å²) in [5, 5.41) is 3.42. The van der Waals surface area contributed by atoms with Crippen molar-refractivity contribution < 1.29 is 4.74 Å². The number of ether oxygens (including phenoxy) is 1. The molecule has 0 aliphatic carbocycles. The molecular formula is C15H26N2O. The lowest BCUT2D eigenvalue weighted by molar-refractivity contribution is 0.243. The first-order valence-corrected chi connectivity index (χ1v) is 6.60. The van der Waals surface area contributed by atoms with Gasteiger partial charge < -0.3 is 15.0 Å². The van der Waals surface area contributed by atoms with Crippen molar-refractivity contribution in [3.05, 3.63) is 23.8 Å². The maximum Gasteiger partial charge on any atom is 0.143 e. The molecule has 0 aliphatic rings. The highest BCUT2D eigenvalue weighted by Crippen LogP contribution is 2.29. The zero-order chi connectivity index (χ0) is 13.7. The fourth-order valence-electron chi connectivity index (χ4n) is 1.71. The van der Waals surface area contributed by atoms with Crippen molar-refractivity contribution in [2.45, 2.75) is 46.4 Å². The Kier molecular flexibility index (Phi) is 5.48. The second kappa shape index (κ2) is 6.64. The van der Waals surface area contributed by atoms with Crippen LogP contribution in [0.25, 0.3) is 0 Å². The highest BCUT2D eigenvalue weighted by atomic mass is 16.5. The second-order valence-corrected chi connectivity index (χ2v) is 5.40. The van der Waals surface area contributed by atoms with E-state index in [4.69, 9.17) is 4.74 Å². The summed E-state index contributed by atoms with van der Waals surface area (Å²) in [6.45, 7) is 9.29. The van der Waals surface area contributed by atoms with Gasteiger partial charge in [0, 0.05) is 26.7 Å². The molecule has 0 atom stereocenters. The summed E-state index contributed by atoms with van der Waals surface area (Å²) in [5.74, 6) is 0.957. The molecule has 3 heteroatoms. The summed E-state index contributed by atoms with van der Waals surface area (Å²) < 4.78 is 5.88. The van der Waals surface area contributed by atoms with Gasteiger partial charge in [-0.2, -0.15) is 0 Å². The van der Waals surface area contributed by atoms with Crippen molar-refractivity contribution in [3.63, 3.8) is 0 Å². The quantitative estimate of drug-likeness (QED) is 0.840. The van der Waals surface area contributed by atoms with Crippen LogP contribution < -0.4 is 15.0 Å². The molecule has 1 rings (SSSR count). The van der Waals surface area contributed by atoms with Crippen LogP contribution in [0, 0.1) is 0 Å². The first kappa shape index (κ1) is 14.8. The molecule has 1 aromatic rings. The van der Waals surface area contributed by atoms with Crippen LogP contribution in [0.4, 0.5) is 5.69 Å². The minimum Gasteiger partial charge on any atom is -0.489 e. The van der Waals surface area contributed by atoms with Gasteiger partial charge in [-0.25, -0.2) is 0 Å². The van der Waals surface area contributed by atoms with E-state index in [-0.39, 0.29) is 6.10 Å². The van der Waals surface area contributed by atoms with Crippen molar-refractivity contribution in [2.24, 2.45) is 0 Å². The molecule has 0 fully saturated rings. The van der Waals surface area contributed by atoms with Crippen LogP contribution in [0.5, 0.6) is 5.75 Å². The Morgan fingerprint density at radius 3 is 2.33 bits per heavy atom. The van der Waals surface area contributed by atoms with Crippen molar-refractivity contribution in [1.29, 1.82) is 0 Å². The molecule has 0 bridgehead atoms. The molecule has 0 amide bonds. The van der Waals surface area contributed by atoms with Gasteiger partial charge in [0.05, 0.1) is 11.8 Å². The van der Waals surface area contributed by atoms with Crippen molar-refractivity contribution in [1.82, 2.24) is 5.32 Å². The van der Waals surface area contributed by atoms with E-state index in [1.54, 1.807) is 0 Å². The van der Waals surface area contributed by atoms with Gasteiger partial charge in [-0.15, -0.1) is 0 Å². The molecule has 0 heterocycles. The summed E-state index contributed by atoms with van der Waals surface area (Å²) >= 11 is 0. The number of hydrogen-bond acceptors (Lipinski definition) is 3. The van der Waals surface area contributed by atoms with E-state index in [2.05, 4.69) is 56.1 Å². The summed E-state index contributed by atoms with van der Waals surface area (Å²) in [6.07, 6.45) is 0.192. The Balaban J connectivity index is 2.90. The van der Waals surface area contributed by atoms with Gasteiger partial charge in [-0.05, 0) is 31.5 Å².